The van der Waals surface area contributed by atoms with Gasteiger partial charge in [-0.2, -0.15) is 4.31 Å². The Bertz CT molecular complexity index is 1060. The monoisotopic (exact) mass is 474 g/mol. The average molecular weight is 475 g/mol. The van der Waals surface area contributed by atoms with E-state index in [1.807, 2.05) is 17.0 Å². The summed E-state index contributed by atoms with van der Waals surface area (Å²) in [6.07, 6.45) is 0. The van der Waals surface area contributed by atoms with E-state index in [1.54, 1.807) is 12.1 Å². The minimum atomic E-state index is -3.66. The van der Waals surface area contributed by atoms with Crippen LogP contribution in [0.1, 0.15) is 17.3 Å². The second-order valence-electron chi connectivity index (χ2n) is 8.28. The fourth-order valence-corrected chi connectivity index (χ4v) is 5.65. The van der Waals surface area contributed by atoms with Crippen molar-refractivity contribution in [2.75, 3.05) is 75.3 Å². The molecule has 0 amide bonds. The second-order valence-corrected chi connectivity index (χ2v) is 10.2. The maximum Gasteiger partial charge on any atom is 0.243 e. The van der Waals surface area contributed by atoms with Crippen molar-refractivity contribution in [2.24, 2.45) is 0 Å². The van der Waals surface area contributed by atoms with Crippen LogP contribution in [0, 0.1) is 0 Å². The molecule has 3 heterocycles. The summed E-state index contributed by atoms with van der Waals surface area (Å²) in [5.41, 5.74) is 0.389. The molecule has 0 spiro atoms. The number of hydrogen-bond donors (Lipinski definition) is 1. The molecule has 11 heteroatoms. The van der Waals surface area contributed by atoms with Gasteiger partial charge in [0.1, 0.15) is 0 Å². The summed E-state index contributed by atoms with van der Waals surface area (Å²) >= 11 is 0. The lowest BCUT2D eigenvalue weighted by Crippen LogP contribution is -2.49. The highest BCUT2D eigenvalue weighted by molar-refractivity contribution is 7.89. The predicted octanol–water partition coefficient (Wildman–Crippen LogP) is 0.304. The molecule has 2 aliphatic rings. The van der Waals surface area contributed by atoms with Crippen molar-refractivity contribution in [3.05, 3.63) is 42.0 Å². The van der Waals surface area contributed by atoms with E-state index in [0.717, 1.165) is 37.8 Å². The number of Topliss-reactive ketones (excluding diaryl/α,β-unsaturated/α-hetero) is 1. The van der Waals surface area contributed by atoms with Crippen LogP contribution < -0.4 is 9.80 Å². The lowest BCUT2D eigenvalue weighted by Gasteiger charge is -2.36. The van der Waals surface area contributed by atoms with Crippen molar-refractivity contribution >= 4 is 27.4 Å². The lowest BCUT2D eigenvalue weighted by molar-refractivity contribution is 0.101. The van der Waals surface area contributed by atoms with Gasteiger partial charge in [-0.1, -0.05) is 12.1 Å². The van der Waals surface area contributed by atoms with E-state index in [4.69, 9.17) is 5.11 Å². The number of aliphatic hydroxyl groups excluding tert-OH is 1. The molecular formula is C22H30N6O4S. The van der Waals surface area contributed by atoms with Crippen molar-refractivity contribution in [1.82, 2.24) is 19.4 Å². The summed E-state index contributed by atoms with van der Waals surface area (Å²) in [6.45, 7) is 7.45. The van der Waals surface area contributed by atoms with Gasteiger partial charge in [0, 0.05) is 64.5 Å². The minimum absolute atomic E-state index is 0.145. The first-order chi connectivity index (χ1) is 15.9. The third kappa shape index (κ3) is 5.32. The zero-order valence-electron chi connectivity index (χ0n) is 18.8. The Morgan fingerprint density at radius 2 is 1.48 bits per heavy atom. The number of rotatable bonds is 7. The van der Waals surface area contributed by atoms with Crippen molar-refractivity contribution in [1.29, 1.82) is 0 Å². The number of carbonyl (C=O) groups is 1. The van der Waals surface area contributed by atoms with Crippen LogP contribution in [0.25, 0.3) is 0 Å². The Labute approximate surface area is 194 Å². The maximum atomic E-state index is 13.0. The van der Waals surface area contributed by atoms with Crippen LogP contribution >= 0.6 is 0 Å². The predicted molar refractivity (Wildman–Crippen MR) is 125 cm³/mol. The number of β-amino-alcohol motifs (C(OH)–C–C–N with tert-alkyl or cyclic N) is 1. The van der Waals surface area contributed by atoms with Gasteiger partial charge in [0.15, 0.2) is 17.4 Å². The van der Waals surface area contributed by atoms with Gasteiger partial charge in [-0.15, -0.1) is 10.2 Å². The van der Waals surface area contributed by atoms with Crippen LogP contribution in [0.2, 0.25) is 0 Å². The van der Waals surface area contributed by atoms with Crippen molar-refractivity contribution in [3.8, 4) is 0 Å². The highest BCUT2D eigenvalue weighted by Gasteiger charge is 2.29. The molecule has 178 valence electrons. The van der Waals surface area contributed by atoms with E-state index in [-0.39, 0.29) is 17.3 Å². The maximum absolute atomic E-state index is 13.0. The number of aliphatic hydroxyl groups is 1. The third-order valence-electron chi connectivity index (χ3n) is 6.19. The molecule has 33 heavy (non-hydrogen) atoms. The number of anilines is 2. The molecular weight excluding hydrogens is 444 g/mol. The molecule has 0 radical (unpaired) electrons. The number of nitrogens with zero attached hydrogens (tertiary/aromatic N) is 6. The van der Waals surface area contributed by atoms with E-state index in [2.05, 4.69) is 20.0 Å². The zero-order chi connectivity index (χ0) is 23.4. The number of carbonyl (C=O) groups excluding carboxylic acids is 1. The van der Waals surface area contributed by atoms with Gasteiger partial charge in [0.05, 0.1) is 11.5 Å². The van der Waals surface area contributed by atoms with E-state index < -0.39 is 10.0 Å². The Morgan fingerprint density at radius 3 is 2.00 bits per heavy atom. The normalized spacial score (nSPS) is 18.5. The van der Waals surface area contributed by atoms with Crippen LogP contribution in [0.4, 0.5) is 11.6 Å². The van der Waals surface area contributed by atoms with Gasteiger partial charge in [-0.05, 0) is 31.2 Å². The number of aromatic nitrogens is 2. The molecule has 2 aliphatic heterocycles. The smallest absolute Gasteiger partial charge is 0.243 e. The molecule has 2 aromatic rings. The second kappa shape index (κ2) is 10.1. The Morgan fingerprint density at radius 1 is 0.909 bits per heavy atom. The van der Waals surface area contributed by atoms with Crippen molar-refractivity contribution in [2.45, 2.75) is 11.8 Å². The largest absolute Gasteiger partial charge is 0.395 e. The molecule has 0 bridgehead atoms. The SMILES string of the molecule is CC(=O)c1cccc(S(=O)(=O)N2CCN(c3ccc(N4CCN(CCO)CC4)nn3)CC2)c1. The summed E-state index contributed by atoms with van der Waals surface area (Å²) in [5, 5.41) is 17.9. The molecule has 4 rings (SSSR count). The Hall–Kier alpha value is -2.60. The molecule has 10 nitrogen and oxygen atoms in total. The molecule has 0 aliphatic carbocycles. The fraction of sp³-hybridized carbons (Fsp3) is 0.500. The molecule has 2 fully saturated rings. The van der Waals surface area contributed by atoms with Gasteiger partial charge in [-0.3, -0.25) is 9.69 Å². The zero-order valence-corrected chi connectivity index (χ0v) is 19.6. The van der Waals surface area contributed by atoms with E-state index in [0.29, 0.717) is 38.3 Å². The van der Waals surface area contributed by atoms with Gasteiger partial charge < -0.3 is 14.9 Å². The first-order valence-corrected chi connectivity index (χ1v) is 12.6. The molecule has 0 unspecified atom stereocenters. The molecule has 2 saturated heterocycles. The molecule has 1 aromatic heterocycles. The van der Waals surface area contributed by atoms with Crippen LogP contribution in [-0.4, -0.2) is 104 Å². The number of ketones is 1. The summed E-state index contributed by atoms with van der Waals surface area (Å²) in [4.78, 5) is 18.2. The summed E-state index contributed by atoms with van der Waals surface area (Å²) in [7, 11) is -3.66. The van der Waals surface area contributed by atoms with E-state index in [1.165, 1.54) is 23.4 Å². The third-order valence-corrected chi connectivity index (χ3v) is 8.08. The number of sulfonamides is 1. The number of benzene rings is 1. The Balaban J connectivity index is 1.35. The van der Waals surface area contributed by atoms with Gasteiger partial charge in [-0.25, -0.2) is 8.42 Å². The van der Waals surface area contributed by atoms with Crippen LogP contribution in [0.15, 0.2) is 41.3 Å². The van der Waals surface area contributed by atoms with E-state index in [9.17, 15) is 13.2 Å². The summed E-state index contributed by atoms with van der Waals surface area (Å²) in [5.74, 6) is 1.40. The molecule has 0 saturated carbocycles. The minimum Gasteiger partial charge on any atom is -0.395 e. The molecule has 1 aromatic carbocycles. The quantitative estimate of drug-likeness (QED) is 0.567. The van der Waals surface area contributed by atoms with Gasteiger partial charge in [0.2, 0.25) is 10.0 Å². The first-order valence-electron chi connectivity index (χ1n) is 11.2. The highest BCUT2D eigenvalue weighted by Crippen LogP contribution is 2.22. The lowest BCUT2D eigenvalue weighted by atomic mass is 10.2. The first kappa shape index (κ1) is 23.6. The molecule has 1 N–H and O–H groups in total. The fourth-order valence-electron chi connectivity index (χ4n) is 4.18. The van der Waals surface area contributed by atoms with E-state index >= 15 is 0 Å². The van der Waals surface area contributed by atoms with Gasteiger partial charge >= 0.3 is 0 Å². The summed E-state index contributed by atoms with van der Waals surface area (Å²) in [6, 6.07) is 10.1. The van der Waals surface area contributed by atoms with Crippen LogP contribution in [-0.2, 0) is 10.0 Å². The topological polar surface area (TPSA) is 110 Å². The number of hydrogen-bond acceptors (Lipinski definition) is 9. The van der Waals surface area contributed by atoms with Crippen LogP contribution in [0.3, 0.4) is 0 Å². The standard InChI is InChI=1S/C22H30N6O4S/c1-18(30)19-3-2-4-20(17-19)33(31,32)28-13-11-27(12-14-28)22-6-5-21(23-24-22)26-9-7-25(8-10-26)15-16-29/h2-6,17,29H,7-16H2,1H3. The van der Waals surface area contributed by atoms with Crippen molar-refractivity contribution < 1.29 is 18.3 Å². The van der Waals surface area contributed by atoms with Crippen LogP contribution in [0.5, 0.6) is 0 Å². The van der Waals surface area contributed by atoms with Gasteiger partial charge in [0.25, 0.3) is 0 Å². The number of piperazine rings is 2. The Kier molecular flexibility index (Phi) is 7.23. The molecule has 0 atom stereocenters. The van der Waals surface area contributed by atoms with Crippen molar-refractivity contribution in [3.63, 3.8) is 0 Å². The summed E-state index contributed by atoms with van der Waals surface area (Å²) < 4.78 is 27.5. The highest BCUT2D eigenvalue weighted by atomic mass is 32.2. The average Bonchev–Trinajstić information content (AvgIpc) is 2.85.